The molecule has 2 aromatic rings. The van der Waals surface area contributed by atoms with E-state index in [9.17, 15) is 4.79 Å². The normalized spacial score (nSPS) is 10.1. The molecule has 0 fully saturated rings. The van der Waals surface area contributed by atoms with Crippen molar-refractivity contribution in [2.45, 2.75) is 20.4 Å². The molecule has 0 saturated heterocycles. The fraction of sp³-hybridized carbons (Fsp3) is 0.250. The molecule has 1 amide bonds. The lowest BCUT2D eigenvalue weighted by Crippen LogP contribution is -2.06. The Labute approximate surface area is 104 Å². The van der Waals surface area contributed by atoms with Gasteiger partial charge in [0, 0.05) is 18.3 Å². The zero-order valence-electron chi connectivity index (χ0n) is 10.2. The van der Waals surface area contributed by atoms with Gasteiger partial charge < -0.3 is 10.6 Å². The summed E-state index contributed by atoms with van der Waals surface area (Å²) in [5, 5.41) is 13.4. The first kappa shape index (κ1) is 12.1. The molecule has 0 spiro atoms. The average molecular weight is 246 g/mol. The van der Waals surface area contributed by atoms with Crippen LogP contribution in [0.4, 0.5) is 11.4 Å². The molecule has 0 atom stereocenters. The molecule has 1 aromatic carbocycles. The Kier molecular flexibility index (Phi) is 3.57. The molecule has 0 unspecified atom stereocenters. The summed E-state index contributed by atoms with van der Waals surface area (Å²) in [7, 11) is 0. The summed E-state index contributed by atoms with van der Waals surface area (Å²) in [6.07, 6.45) is 0. The van der Waals surface area contributed by atoms with Crippen LogP contribution in [0.25, 0.3) is 0 Å². The SMILES string of the molecule is CC(=O)Nc1ccc(NCc2nonc2C)cc1. The van der Waals surface area contributed by atoms with E-state index in [0.29, 0.717) is 6.54 Å². The van der Waals surface area contributed by atoms with Gasteiger partial charge in [0.2, 0.25) is 5.91 Å². The molecule has 94 valence electrons. The third-order valence-electron chi connectivity index (χ3n) is 2.41. The van der Waals surface area contributed by atoms with Gasteiger partial charge in [-0.25, -0.2) is 4.63 Å². The van der Waals surface area contributed by atoms with Crippen LogP contribution in [0.3, 0.4) is 0 Å². The first-order valence-corrected chi connectivity index (χ1v) is 5.54. The highest BCUT2D eigenvalue weighted by Crippen LogP contribution is 2.14. The summed E-state index contributed by atoms with van der Waals surface area (Å²) in [4.78, 5) is 10.9. The van der Waals surface area contributed by atoms with Crippen molar-refractivity contribution in [1.29, 1.82) is 0 Å². The van der Waals surface area contributed by atoms with Crippen molar-refractivity contribution in [3.63, 3.8) is 0 Å². The molecule has 0 aliphatic carbocycles. The van der Waals surface area contributed by atoms with Crippen molar-refractivity contribution in [1.82, 2.24) is 10.3 Å². The van der Waals surface area contributed by atoms with Gasteiger partial charge >= 0.3 is 0 Å². The van der Waals surface area contributed by atoms with E-state index in [1.807, 2.05) is 31.2 Å². The number of aromatic nitrogens is 2. The zero-order chi connectivity index (χ0) is 13.0. The topological polar surface area (TPSA) is 80.0 Å². The summed E-state index contributed by atoms with van der Waals surface area (Å²) in [5.74, 6) is -0.0833. The quantitative estimate of drug-likeness (QED) is 0.861. The van der Waals surface area contributed by atoms with E-state index >= 15 is 0 Å². The smallest absolute Gasteiger partial charge is 0.221 e. The molecule has 0 radical (unpaired) electrons. The van der Waals surface area contributed by atoms with Crippen LogP contribution < -0.4 is 10.6 Å². The number of hydrogen-bond acceptors (Lipinski definition) is 5. The van der Waals surface area contributed by atoms with Gasteiger partial charge in [0.1, 0.15) is 11.4 Å². The Morgan fingerprint density at radius 1 is 1.22 bits per heavy atom. The van der Waals surface area contributed by atoms with E-state index in [-0.39, 0.29) is 5.91 Å². The van der Waals surface area contributed by atoms with E-state index < -0.39 is 0 Å². The maximum Gasteiger partial charge on any atom is 0.221 e. The van der Waals surface area contributed by atoms with Gasteiger partial charge in [-0.3, -0.25) is 4.79 Å². The van der Waals surface area contributed by atoms with Crippen molar-refractivity contribution in [3.8, 4) is 0 Å². The molecule has 0 saturated carbocycles. The van der Waals surface area contributed by atoms with Crippen LogP contribution in [0.1, 0.15) is 18.3 Å². The molecule has 0 aliphatic rings. The van der Waals surface area contributed by atoms with Crippen LogP contribution in [0.5, 0.6) is 0 Å². The first-order chi connectivity index (χ1) is 8.65. The van der Waals surface area contributed by atoms with Gasteiger partial charge in [0.05, 0.1) is 6.54 Å². The number of nitrogens with one attached hydrogen (secondary N) is 2. The van der Waals surface area contributed by atoms with E-state index in [4.69, 9.17) is 0 Å². The number of benzene rings is 1. The average Bonchev–Trinajstić information content (AvgIpc) is 2.73. The third kappa shape index (κ3) is 3.07. The lowest BCUT2D eigenvalue weighted by Gasteiger charge is -2.06. The van der Waals surface area contributed by atoms with Crippen LogP contribution >= 0.6 is 0 Å². The summed E-state index contributed by atoms with van der Waals surface area (Å²) in [6, 6.07) is 7.43. The molecule has 2 N–H and O–H groups in total. The number of carbonyl (C=O) groups is 1. The molecule has 0 bridgehead atoms. The van der Waals surface area contributed by atoms with Crippen LogP contribution in [-0.2, 0) is 11.3 Å². The maximum atomic E-state index is 10.9. The second kappa shape index (κ2) is 5.31. The number of amides is 1. The number of nitrogens with zero attached hydrogens (tertiary/aromatic N) is 2. The summed E-state index contributed by atoms with van der Waals surface area (Å²) < 4.78 is 4.61. The summed E-state index contributed by atoms with van der Waals surface area (Å²) in [6.45, 7) is 3.87. The van der Waals surface area contributed by atoms with Crippen molar-refractivity contribution in [2.75, 3.05) is 10.6 Å². The van der Waals surface area contributed by atoms with E-state index in [1.54, 1.807) is 0 Å². The standard InChI is InChI=1S/C12H14N4O2/c1-8-12(16-18-15-8)7-13-10-3-5-11(6-4-10)14-9(2)17/h3-6,13H,7H2,1-2H3,(H,14,17). The lowest BCUT2D eigenvalue weighted by atomic mass is 10.2. The van der Waals surface area contributed by atoms with E-state index in [0.717, 1.165) is 22.8 Å². The molecule has 1 aromatic heterocycles. The van der Waals surface area contributed by atoms with Crippen LogP contribution in [0.2, 0.25) is 0 Å². The number of rotatable bonds is 4. The predicted octanol–water partition coefficient (Wildman–Crippen LogP) is 1.95. The number of carbonyl (C=O) groups excluding carboxylic acids is 1. The third-order valence-corrected chi connectivity index (χ3v) is 2.41. The zero-order valence-corrected chi connectivity index (χ0v) is 10.2. The summed E-state index contributed by atoms with van der Waals surface area (Å²) >= 11 is 0. The molecule has 1 heterocycles. The molecule has 6 heteroatoms. The van der Waals surface area contributed by atoms with Crippen LogP contribution in [-0.4, -0.2) is 16.2 Å². The van der Waals surface area contributed by atoms with Gasteiger partial charge in [-0.15, -0.1) is 0 Å². The molecule has 0 aliphatic heterocycles. The number of anilines is 2. The van der Waals surface area contributed by atoms with Crippen LogP contribution in [0, 0.1) is 6.92 Å². The van der Waals surface area contributed by atoms with Gasteiger partial charge in [0.15, 0.2) is 0 Å². The highest BCUT2D eigenvalue weighted by atomic mass is 16.6. The van der Waals surface area contributed by atoms with Crippen molar-refractivity contribution in [3.05, 3.63) is 35.7 Å². The molecule has 2 rings (SSSR count). The minimum absolute atomic E-state index is 0.0833. The van der Waals surface area contributed by atoms with Crippen molar-refractivity contribution >= 4 is 17.3 Å². The van der Waals surface area contributed by atoms with Crippen molar-refractivity contribution in [2.24, 2.45) is 0 Å². The summed E-state index contributed by atoms with van der Waals surface area (Å²) in [5.41, 5.74) is 3.26. The van der Waals surface area contributed by atoms with Gasteiger partial charge in [-0.1, -0.05) is 10.3 Å². The Morgan fingerprint density at radius 3 is 2.44 bits per heavy atom. The molecular formula is C12H14N4O2. The highest BCUT2D eigenvalue weighted by molar-refractivity contribution is 5.88. The monoisotopic (exact) mass is 246 g/mol. The van der Waals surface area contributed by atoms with Gasteiger partial charge in [0.25, 0.3) is 0 Å². The van der Waals surface area contributed by atoms with Gasteiger partial charge in [-0.2, -0.15) is 0 Å². The Balaban J connectivity index is 1.94. The number of aryl methyl sites for hydroxylation is 1. The van der Waals surface area contributed by atoms with Crippen molar-refractivity contribution < 1.29 is 9.42 Å². The highest BCUT2D eigenvalue weighted by Gasteiger charge is 2.04. The molecular weight excluding hydrogens is 232 g/mol. The Bertz CT molecular complexity index is 533. The first-order valence-electron chi connectivity index (χ1n) is 5.54. The molecule has 6 nitrogen and oxygen atoms in total. The predicted molar refractivity (Wildman–Crippen MR) is 67.1 cm³/mol. The Morgan fingerprint density at radius 2 is 1.89 bits per heavy atom. The minimum Gasteiger partial charge on any atom is -0.379 e. The Hall–Kier alpha value is -2.37. The van der Waals surface area contributed by atoms with E-state index in [1.165, 1.54) is 6.92 Å². The fourth-order valence-corrected chi connectivity index (χ4v) is 1.47. The largest absolute Gasteiger partial charge is 0.379 e. The second-order valence-electron chi connectivity index (χ2n) is 3.91. The minimum atomic E-state index is -0.0833. The lowest BCUT2D eigenvalue weighted by molar-refractivity contribution is -0.114. The molecule has 18 heavy (non-hydrogen) atoms. The van der Waals surface area contributed by atoms with Gasteiger partial charge in [-0.05, 0) is 31.2 Å². The number of hydrogen-bond donors (Lipinski definition) is 2. The maximum absolute atomic E-state index is 10.9. The van der Waals surface area contributed by atoms with Crippen LogP contribution in [0.15, 0.2) is 28.9 Å². The van der Waals surface area contributed by atoms with E-state index in [2.05, 4.69) is 25.6 Å². The second-order valence-corrected chi connectivity index (χ2v) is 3.91. The fourth-order valence-electron chi connectivity index (χ4n) is 1.47.